The summed E-state index contributed by atoms with van der Waals surface area (Å²) in [5.74, 6) is -0.117. The minimum atomic E-state index is -1.18. The van der Waals surface area contributed by atoms with Gasteiger partial charge < -0.3 is 35.5 Å². The first kappa shape index (κ1) is 36.2. The van der Waals surface area contributed by atoms with Crippen LogP contribution in [-0.2, 0) is 20.8 Å². The number of rotatable bonds is 12. The molecular weight excluding hydrogens is 588 g/mol. The van der Waals surface area contributed by atoms with Gasteiger partial charge in [0.2, 0.25) is 17.7 Å². The monoisotopic (exact) mass is 638 g/mol. The first-order valence-electron chi connectivity index (χ1n) is 16.3. The molecule has 2 aromatic rings. The van der Waals surface area contributed by atoms with Crippen LogP contribution in [0.15, 0.2) is 42.5 Å². The first-order chi connectivity index (χ1) is 22.1. The van der Waals surface area contributed by atoms with Gasteiger partial charge in [-0.2, -0.15) is 0 Å². The quantitative estimate of drug-likeness (QED) is 0.259. The van der Waals surface area contributed by atoms with E-state index in [1.807, 2.05) is 39.0 Å². The van der Waals surface area contributed by atoms with Crippen molar-refractivity contribution in [3.05, 3.63) is 53.6 Å². The predicted molar refractivity (Wildman–Crippen MR) is 176 cm³/mol. The number of carbonyl (C=O) groups is 4. The van der Waals surface area contributed by atoms with Gasteiger partial charge in [0.15, 0.2) is 11.5 Å². The minimum absolute atomic E-state index is 0.138. The summed E-state index contributed by atoms with van der Waals surface area (Å²) < 4.78 is 17.1. The van der Waals surface area contributed by atoms with Crippen LogP contribution in [0.5, 0.6) is 17.2 Å². The largest absolute Gasteiger partial charge is 0.493 e. The zero-order chi connectivity index (χ0) is 33.6. The standard InChI is InChI=1S/C35H50N4O7/c1-7-23(5)32-35(43)37-25(18-22(3)4)21-46-28-14-10-9-13-26(28)33(41)38-27(20-31(40)39-32)34(42)36-17-11-12-24-15-16-29(45-8-2)30(19-24)44-6/h9-10,13-16,19,22-23,25,27,32H,7-8,11-12,17-18,20-21H2,1-6H3,(H,36,42)(H,37,43)(H,38,41)(H,39,40)/t23-,25-,27-,32-/m0/s1. The molecule has 0 spiro atoms. The van der Waals surface area contributed by atoms with Crippen molar-refractivity contribution in [3.63, 3.8) is 0 Å². The summed E-state index contributed by atoms with van der Waals surface area (Å²) >= 11 is 0. The van der Waals surface area contributed by atoms with E-state index in [1.165, 1.54) is 0 Å². The van der Waals surface area contributed by atoms with Crippen molar-refractivity contribution in [1.82, 2.24) is 21.3 Å². The van der Waals surface area contributed by atoms with Gasteiger partial charge in [-0.05, 0) is 67.9 Å². The van der Waals surface area contributed by atoms with Crippen LogP contribution in [0.2, 0.25) is 0 Å². The Morgan fingerprint density at radius 2 is 1.78 bits per heavy atom. The summed E-state index contributed by atoms with van der Waals surface area (Å²) in [6.45, 7) is 10.8. The molecule has 4 N–H and O–H groups in total. The topological polar surface area (TPSA) is 144 Å². The van der Waals surface area contributed by atoms with Gasteiger partial charge in [-0.25, -0.2) is 0 Å². The molecule has 0 fully saturated rings. The van der Waals surface area contributed by atoms with E-state index in [1.54, 1.807) is 31.4 Å². The fourth-order valence-corrected chi connectivity index (χ4v) is 5.33. The molecule has 11 heteroatoms. The number of fused-ring (bicyclic) bond motifs is 1. The van der Waals surface area contributed by atoms with E-state index in [0.717, 1.165) is 5.56 Å². The van der Waals surface area contributed by atoms with Crippen molar-refractivity contribution in [2.24, 2.45) is 11.8 Å². The molecule has 0 radical (unpaired) electrons. The van der Waals surface area contributed by atoms with Crippen LogP contribution >= 0.6 is 0 Å². The van der Waals surface area contributed by atoms with Crippen LogP contribution in [0.25, 0.3) is 0 Å². The molecule has 0 unspecified atom stereocenters. The summed E-state index contributed by atoms with van der Waals surface area (Å²) in [5, 5.41) is 11.5. The minimum Gasteiger partial charge on any atom is -0.493 e. The van der Waals surface area contributed by atoms with Crippen molar-refractivity contribution in [2.45, 2.75) is 84.8 Å². The van der Waals surface area contributed by atoms with Crippen LogP contribution < -0.4 is 35.5 Å². The molecule has 46 heavy (non-hydrogen) atoms. The van der Waals surface area contributed by atoms with Gasteiger partial charge in [0.05, 0.1) is 31.7 Å². The SMILES string of the molecule is CCOc1ccc(CCCNC(=O)[C@@H]2CC(=O)N[C@@H]([C@@H](C)CC)C(=O)N[C@@H](CC(C)C)COc3ccccc3C(=O)N2)cc1OC. The highest BCUT2D eigenvalue weighted by Gasteiger charge is 2.32. The normalized spacial score (nSPS) is 19.8. The van der Waals surface area contributed by atoms with Crippen molar-refractivity contribution in [1.29, 1.82) is 0 Å². The van der Waals surface area contributed by atoms with Gasteiger partial charge in [0.1, 0.15) is 24.4 Å². The number of benzene rings is 2. The Morgan fingerprint density at radius 1 is 1.02 bits per heavy atom. The number of ether oxygens (including phenoxy) is 3. The molecule has 0 saturated carbocycles. The zero-order valence-electron chi connectivity index (χ0n) is 27.9. The lowest BCUT2D eigenvalue weighted by Crippen LogP contribution is -2.56. The molecule has 0 bridgehead atoms. The van der Waals surface area contributed by atoms with E-state index in [0.29, 0.717) is 56.1 Å². The van der Waals surface area contributed by atoms with Crippen LogP contribution in [0.4, 0.5) is 0 Å². The maximum absolute atomic E-state index is 13.5. The van der Waals surface area contributed by atoms with E-state index in [2.05, 4.69) is 35.1 Å². The van der Waals surface area contributed by atoms with Crippen molar-refractivity contribution >= 4 is 23.6 Å². The molecule has 1 aliphatic rings. The molecule has 11 nitrogen and oxygen atoms in total. The van der Waals surface area contributed by atoms with Crippen molar-refractivity contribution in [2.75, 3.05) is 26.9 Å². The van der Waals surface area contributed by atoms with Crippen molar-refractivity contribution in [3.8, 4) is 17.2 Å². The van der Waals surface area contributed by atoms with E-state index >= 15 is 0 Å². The molecule has 1 heterocycles. The number of hydrogen-bond donors (Lipinski definition) is 4. The number of aryl methyl sites for hydroxylation is 1. The Balaban J connectivity index is 1.78. The van der Waals surface area contributed by atoms with E-state index in [9.17, 15) is 19.2 Å². The summed E-state index contributed by atoms with van der Waals surface area (Å²) in [6, 6.07) is 10.1. The average molecular weight is 639 g/mol. The molecule has 4 amide bonds. The van der Waals surface area contributed by atoms with Crippen LogP contribution in [0.3, 0.4) is 0 Å². The summed E-state index contributed by atoms with van der Waals surface area (Å²) in [4.78, 5) is 53.7. The lowest BCUT2D eigenvalue weighted by molar-refractivity contribution is -0.132. The van der Waals surface area contributed by atoms with Crippen LogP contribution in [0.1, 0.15) is 76.2 Å². The second-order valence-electron chi connectivity index (χ2n) is 12.1. The highest BCUT2D eigenvalue weighted by atomic mass is 16.5. The number of nitrogens with one attached hydrogen (secondary N) is 4. The smallest absolute Gasteiger partial charge is 0.255 e. The molecule has 0 saturated heterocycles. The molecule has 0 aromatic heterocycles. The third-order valence-corrected chi connectivity index (χ3v) is 7.97. The molecule has 1 aliphatic heterocycles. The molecule has 0 aliphatic carbocycles. The molecule has 3 rings (SSSR count). The summed E-state index contributed by atoms with van der Waals surface area (Å²) in [6.07, 6.45) is 2.23. The Labute approximate surface area is 272 Å². The highest BCUT2D eigenvalue weighted by molar-refractivity contribution is 6.01. The fraction of sp³-hybridized carbons (Fsp3) is 0.543. The fourth-order valence-electron chi connectivity index (χ4n) is 5.33. The maximum atomic E-state index is 13.5. The number of carbonyl (C=O) groups excluding carboxylic acids is 4. The number of hydrogen-bond acceptors (Lipinski definition) is 7. The molecular formula is C35H50N4O7. The average Bonchev–Trinajstić information content (AvgIpc) is 3.03. The third kappa shape index (κ3) is 10.7. The number of amides is 4. The zero-order valence-corrected chi connectivity index (χ0v) is 27.9. The van der Waals surface area contributed by atoms with Crippen molar-refractivity contribution < 1.29 is 33.4 Å². The van der Waals surface area contributed by atoms with E-state index in [-0.39, 0.29) is 42.4 Å². The third-order valence-electron chi connectivity index (χ3n) is 7.97. The van der Waals surface area contributed by atoms with Gasteiger partial charge in [-0.3, -0.25) is 19.2 Å². The highest BCUT2D eigenvalue weighted by Crippen LogP contribution is 2.28. The number of para-hydroxylation sites is 1. The van der Waals surface area contributed by atoms with Crippen LogP contribution in [-0.4, -0.2) is 68.6 Å². The van der Waals surface area contributed by atoms with Gasteiger partial charge in [0, 0.05) is 6.54 Å². The first-order valence-corrected chi connectivity index (χ1v) is 16.3. The summed E-state index contributed by atoms with van der Waals surface area (Å²) in [5.41, 5.74) is 1.25. The molecule has 2 aromatic carbocycles. The van der Waals surface area contributed by atoms with Gasteiger partial charge >= 0.3 is 0 Å². The van der Waals surface area contributed by atoms with Gasteiger partial charge in [-0.1, -0.05) is 52.3 Å². The maximum Gasteiger partial charge on any atom is 0.255 e. The van der Waals surface area contributed by atoms with Gasteiger partial charge in [-0.15, -0.1) is 0 Å². The second-order valence-corrected chi connectivity index (χ2v) is 12.1. The van der Waals surface area contributed by atoms with Gasteiger partial charge in [0.25, 0.3) is 5.91 Å². The molecule has 252 valence electrons. The van der Waals surface area contributed by atoms with E-state index in [4.69, 9.17) is 14.2 Å². The second kappa shape index (κ2) is 18.0. The lowest BCUT2D eigenvalue weighted by atomic mass is 9.96. The van der Waals surface area contributed by atoms with E-state index < -0.39 is 29.8 Å². The number of methoxy groups -OCH3 is 1. The predicted octanol–water partition coefficient (Wildman–Crippen LogP) is 3.79. The Bertz CT molecular complexity index is 1330. The molecule has 4 atom stereocenters. The van der Waals surface area contributed by atoms with Crippen LogP contribution in [0, 0.1) is 11.8 Å². The lowest BCUT2D eigenvalue weighted by Gasteiger charge is -2.29. The summed E-state index contributed by atoms with van der Waals surface area (Å²) in [7, 11) is 1.59. The Morgan fingerprint density at radius 3 is 2.48 bits per heavy atom. The Kier molecular flexibility index (Phi) is 14.2. The Hall–Kier alpha value is -4.28.